The molecule has 0 spiro atoms. The molecule has 0 fully saturated rings. The molecule has 0 amide bonds. The third kappa shape index (κ3) is 2.97. The van der Waals surface area contributed by atoms with Crippen LogP contribution < -0.4 is 16.6 Å². The minimum atomic E-state index is -0.619. The van der Waals surface area contributed by atoms with Crippen LogP contribution in [-0.4, -0.2) is 21.6 Å². The SMILES string of the molecule is CNc1ccc(Cl)c(Cn2cc(Cl)c(=O)[nH]c2=O)n1. The third-order valence-electron chi connectivity index (χ3n) is 2.46. The maximum atomic E-state index is 11.6. The molecular formula is C11H10Cl2N4O2. The second-order valence-corrected chi connectivity index (χ2v) is 4.55. The number of H-pyrrole nitrogens is 1. The van der Waals surface area contributed by atoms with E-state index < -0.39 is 11.2 Å². The van der Waals surface area contributed by atoms with Gasteiger partial charge in [-0.25, -0.2) is 9.78 Å². The Balaban J connectivity index is 2.44. The highest BCUT2D eigenvalue weighted by Crippen LogP contribution is 2.17. The number of nitrogens with one attached hydrogen (secondary N) is 2. The second kappa shape index (κ2) is 5.46. The number of hydrogen-bond acceptors (Lipinski definition) is 4. The van der Waals surface area contributed by atoms with Crippen LogP contribution in [0.4, 0.5) is 5.82 Å². The molecule has 2 N–H and O–H groups in total. The van der Waals surface area contributed by atoms with E-state index in [9.17, 15) is 9.59 Å². The summed E-state index contributed by atoms with van der Waals surface area (Å²) in [4.78, 5) is 29.1. The van der Waals surface area contributed by atoms with Crippen molar-refractivity contribution >= 4 is 29.0 Å². The van der Waals surface area contributed by atoms with Gasteiger partial charge in [-0.05, 0) is 12.1 Å². The minimum Gasteiger partial charge on any atom is -0.373 e. The summed E-state index contributed by atoms with van der Waals surface area (Å²) in [7, 11) is 1.73. The molecule has 0 aliphatic rings. The van der Waals surface area contributed by atoms with Crippen molar-refractivity contribution in [1.29, 1.82) is 0 Å². The van der Waals surface area contributed by atoms with Crippen LogP contribution in [0.2, 0.25) is 10.0 Å². The van der Waals surface area contributed by atoms with E-state index in [-0.39, 0.29) is 11.6 Å². The molecule has 2 aromatic heterocycles. The van der Waals surface area contributed by atoms with Crippen molar-refractivity contribution in [3.8, 4) is 0 Å². The van der Waals surface area contributed by atoms with Crippen molar-refractivity contribution in [3.05, 3.63) is 54.9 Å². The predicted molar refractivity (Wildman–Crippen MR) is 74.2 cm³/mol. The highest BCUT2D eigenvalue weighted by molar-refractivity contribution is 6.31. The van der Waals surface area contributed by atoms with Crippen LogP contribution in [0.25, 0.3) is 0 Å². The lowest BCUT2D eigenvalue weighted by atomic mass is 10.3. The molecule has 2 heterocycles. The van der Waals surface area contributed by atoms with Crippen LogP contribution in [0.1, 0.15) is 5.69 Å². The van der Waals surface area contributed by atoms with Crippen LogP contribution in [0.5, 0.6) is 0 Å². The number of halogens is 2. The van der Waals surface area contributed by atoms with Crippen molar-refractivity contribution in [2.45, 2.75) is 6.54 Å². The standard InChI is InChI=1S/C11H10Cl2N4O2/c1-14-9-3-2-6(12)8(15-9)5-17-4-7(13)10(18)16-11(17)19/h2-4H,5H2,1H3,(H,14,15)(H,16,18,19). The Bertz CT molecular complexity index is 723. The fraction of sp³-hybridized carbons (Fsp3) is 0.182. The minimum absolute atomic E-state index is 0.0690. The first-order valence-electron chi connectivity index (χ1n) is 5.33. The largest absolute Gasteiger partial charge is 0.373 e. The van der Waals surface area contributed by atoms with E-state index in [1.807, 2.05) is 0 Å². The first-order chi connectivity index (χ1) is 9.01. The van der Waals surface area contributed by atoms with E-state index in [0.29, 0.717) is 16.5 Å². The molecule has 0 saturated heterocycles. The molecule has 2 rings (SSSR count). The summed E-state index contributed by atoms with van der Waals surface area (Å²) in [6, 6.07) is 3.39. The monoisotopic (exact) mass is 300 g/mol. The van der Waals surface area contributed by atoms with E-state index in [1.54, 1.807) is 19.2 Å². The predicted octanol–water partition coefficient (Wildman–Crippen LogP) is 1.33. The Morgan fingerprint density at radius 1 is 1.32 bits per heavy atom. The summed E-state index contributed by atoms with van der Waals surface area (Å²) < 4.78 is 1.23. The van der Waals surface area contributed by atoms with E-state index in [0.717, 1.165) is 0 Å². The number of aromatic amines is 1. The summed E-state index contributed by atoms with van der Waals surface area (Å²) in [6.45, 7) is 0.115. The summed E-state index contributed by atoms with van der Waals surface area (Å²) in [5.41, 5.74) is -0.688. The van der Waals surface area contributed by atoms with Crippen molar-refractivity contribution in [2.75, 3.05) is 12.4 Å². The molecule has 100 valence electrons. The lowest BCUT2D eigenvalue weighted by Gasteiger charge is -2.08. The molecule has 0 aliphatic heterocycles. The molecule has 0 radical (unpaired) electrons. The second-order valence-electron chi connectivity index (χ2n) is 3.74. The van der Waals surface area contributed by atoms with E-state index in [4.69, 9.17) is 23.2 Å². The first-order valence-corrected chi connectivity index (χ1v) is 6.09. The molecule has 0 atom stereocenters. The van der Waals surface area contributed by atoms with Crippen molar-refractivity contribution in [2.24, 2.45) is 0 Å². The molecule has 8 heteroatoms. The van der Waals surface area contributed by atoms with Crippen molar-refractivity contribution in [3.63, 3.8) is 0 Å². The Kier molecular flexibility index (Phi) is 3.92. The third-order valence-corrected chi connectivity index (χ3v) is 3.08. The number of aromatic nitrogens is 3. The first kappa shape index (κ1) is 13.6. The van der Waals surface area contributed by atoms with Gasteiger partial charge < -0.3 is 5.32 Å². The van der Waals surface area contributed by atoms with Gasteiger partial charge in [0.15, 0.2) is 0 Å². The van der Waals surface area contributed by atoms with Crippen LogP contribution in [-0.2, 0) is 6.54 Å². The van der Waals surface area contributed by atoms with Gasteiger partial charge in [0.2, 0.25) is 0 Å². The molecule has 0 saturated carbocycles. The maximum Gasteiger partial charge on any atom is 0.328 e. The van der Waals surface area contributed by atoms with Crippen LogP contribution >= 0.6 is 23.2 Å². The van der Waals surface area contributed by atoms with Crippen molar-refractivity contribution < 1.29 is 0 Å². The van der Waals surface area contributed by atoms with Crippen LogP contribution in [0.3, 0.4) is 0 Å². The fourth-order valence-corrected chi connectivity index (χ4v) is 1.83. The van der Waals surface area contributed by atoms with Crippen molar-refractivity contribution in [1.82, 2.24) is 14.5 Å². The Labute approximate surface area is 118 Å². The number of pyridine rings is 1. The quantitative estimate of drug-likeness (QED) is 0.896. The summed E-state index contributed by atoms with van der Waals surface area (Å²) in [6.07, 6.45) is 1.26. The highest BCUT2D eigenvalue weighted by atomic mass is 35.5. The van der Waals surface area contributed by atoms with E-state index >= 15 is 0 Å². The molecule has 0 aliphatic carbocycles. The topological polar surface area (TPSA) is 79.8 Å². The van der Waals surface area contributed by atoms with Gasteiger partial charge in [0, 0.05) is 13.2 Å². The summed E-state index contributed by atoms with van der Waals surface area (Å²) >= 11 is 11.7. The fourth-order valence-electron chi connectivity index (χ4n) is 1.50. The number of hydrogen-bond donors (Lipinski definition) is 2. The van der Waals surface area contributed by atoms with Gasteiger partial charge in [0.25, 0.3) is 5.56 Å². The zero-order chi connectivity index (χ0) is 14.0. The maximum absolute atomic E-state index is 11.6. The molecule has 0 bridgehead atoms. The van der Waals surface area contributed by atoms with Crippen LogP contribution in [0.15, 0.2) is 27.9 Å². The smallest absolute Gasteiger partial charge is 0.328 e. The summed E-state index contributed by atoms with van der Waals surface area (Å²) in [5, 5.41) is 3.23. The van der Waals surface area contributed by atoms with Gasteiger partial charge in [0.1, 0.15) is 10.8 Å². The molecule has 2 aromatic rings. The lowest BCUT2D eigenvalue weighted by molar-refractivity contribution is 0.706. The lowest BCUT2D eigenvalue weighted by Crippen LogP contribution is -2.30. The number of rotatable bonds is 3. The van der Waals surface area contributed by atoms with Gasteiger partial charge >= 0.3 is 5.69 Å². The average molecular weight is 301 g/mol. The van der Waals surface area contributed by atoms with E-state index in [1.165, 1.54) is 10.8 Å². The summed E-state index contributed by atoms with van der Waals surface area (Å²) in [5.74, 6) is 0.628. The van der Waals surface area contributed by atoms with E-state index in [2.05, 4.69) is 15.3 Å². The zero-order valence-corrected chi connectivity index (χ0v) is 11.4. The van der Waals surface area contributed by atoms with Gasteiger partial charge in [-0.1, -0.05) is 23.2 Å². The molecule has 6 nitrogen and oxygen atoms in total. The molecular weight excluding hydrogens is 291 g/mol. The number of nitrogens with zero attached hydrogens (tertiary/aromatic N) is 2. The van der Waals surface area contributed by atoms with Gasteiger partial charge in [0.05, 0.1) is 17.3 Å². The normalized spacial score (nSPS) is 10.5. The Morgan fingerprint density at radius 3 is 2.74 bits per heavy atom. The van der Waals surface area contributed by atoms with Crippen LogP contribution in [0, 0.1) is 0 Å². The zero-order valence-electron chi connectivity index (χ0n) is 9.91. The van der Waals surface area contributed by atoms with Gasteiger partial charge in [-0.2, -0.15) is 0 Å². The molecule has 0 aromatic carbocycles. The number of anilines is 1. The Hall–Kier alpha value is -1.79. The molecule has 0 unspecified atom stereocenters. The van der Waals surface area contributed by atoms with Gasteiger partial charge in [-0.3, -0.25) is 14.3 Å². The highest BCUT2D eigenvalue weighted by Gasteiger charge is 2.08. The average Bonchev–Trinajstić information content (AvgIpc) is 2.38. The Morgan fingerprint density at radius 2 is 2.05 bits per heavy atom. The molecule has 19 heavy (non-hydrogen) atoms. The van der Waals surface area contributed by atoms with Gasteiger partial charge in [-0.15, -0.1) is 0 Å².